The van der Waals surface area contributed by atoms with Crippen molar-refractivity contribution in [2.75, 3.05) is 45.5 Å². The zero-order valence-corrected chi connectivity index (χ0v) is 19.6. The number of carbonyl (C=O) groups is 1. The second-order valence-corrected chi connectivity index (χ2v) is 11.0. The molecule has 2 fully saturated rings. The summed E-state index contributed by atoms with van der Waals surface area (Å²) in [5.41, 5.74) is 3.23. The van der Waals surface area contributed by atoms with E-state index in [0.717, 1.165) is 50.0 Å². The van der Waals surface area contributed by atoms with Crippen LogP contribution < -0.4 is 0 Å². The second kappa shape index (κ2) is 10.1. The lowest BCUT2D eigenvalue weighted by Gasteiger charge is -2.33. The van der Waals surface area contributed by atoms with E-state index in [1.807, 2.05) is 29.2 Å². The molecule has 172 valence electrons. The van der Waals surface area contributed by atoms with Crippen LogP contribution in [0.5, 0.6) is 0 Å². The van der Waals surface area contributed by atoms with Gasteiger partial charge in [-0.25, -0.2) is 8.42 Å². The van der Waals surface area contributed by atoms with Crippen LogP contribution in [0.2, 0.25) is 0 Å². The summed E-state index contributed by atoms with van der Waals surface area (Å²) in [7, 11) is -3.12. The van der Waals surface area contributed by atoms with Crippen LogP contribution in [0.4, 0.5) is 0 Å². The maximum atomic E-state index is 13.1. The minimum absolute atomic E-state index is 0.118. The topological polar surface area (TPSA) is 60.9 Å². The molecule has 4 rings (SSSR count). The molecule has 2 saturated heterocycles. The number of hydrogen-bond donors (Lipinski definition) is 0. The van der Waals surface area contributed by atoms with Crippen molar-refractivity contribution >= 4 is 15.9 Å². The quantitative estimate of drug-likeness (QED) is 0.672. The summed E-state index contributed by atoms with van der Waals surface area (Å²) in [5, 5.41) is 0. The molecule has 32 heavy (non-hydrogen) atoms. The summed E-state index contributed by atoms with van der Waals surface area (Å²) in [5.74, 6) is 0.755. The number of carbonyl (C=O) groups excluding carboxylic acids is 1. The second-order valence-electron chi connectivity index (χ2n) is 9.06. The molecule has 2 aromatic rings. The monoisotopic (exact) mass is 455 g/mol. The predicted octanol–water partition coefficient (Wildman–Crippen LogP) is 2.86. The summed E-state index contributed by atoms with van der Waals surface area (Å²) in [6.07, 6.45) is 4.45. The highest BCUT2D eigenvalue weighted by atomic mass is 32.2. The number of benzene rings is 2. The Balaban J connectivity index is 1.29. The lowest BCUT2D eigenvalue weighted by atomic mass is 9.90. The minimum atomic E-state index is -3.12. The molecule has 2 aliphatic heterocycles. The number of likely N-dealkylation sites (tertiary alicyclic amines) is 1. The van der Waals surface area contributed by atoms with Gasteiger partial charge in [-0.3, -0.25) is 9.69 Å². The van der Waals surface area contributed by atoms with E-state index in [4.69, 9.17) is 0 Å². The highest BCUT2D eigenvalue weighted by molar-refractivity contribution is 7.88. The van der Waals surface area contributed by atoms with Crippen LogP contribution in [0.3, 0.4) is 0 Å². The Morgan fingerprint density at radius 1 is 0.875 bits per heavy atom. The van der Waals surface area contributed by atoms with Crippen molar-refractivity contribution in [1.82, 2.24) is 14.1 Å². The Morgan fingerprint density at radius 3 is 2.19 bits per heavy atom. The van der Waals surface area contributed by atoms with Crippen molar-refractivity contribution in [3.05, 3.63) is 71.3 Å². The molecule has 0 spiro atoms. The fourth-order valence-corrected chi connectivity index (χ4v) is 5.58. The third-order valence-electron chi connectivity index (χ3n) is 6.65. The van der Waals surface area contributed by atoms with Gasteiger partial charge in [-0.1, -0.05) is 42.5 Å². The molecule has 0 unspecified atom stereocenters. The number of sulfonamides is 1. The fraction of sp³-hybridized carbons (Fsp3) is 0.480. The summed E-state index contributed by atoms with van der Waals surface area (Å²) in [4.78, 5) is 17.3. The molecule has 6 nitrogen and oxygen atoms in total. The van der Waals surface area contributed by atoms with Crippen LogP contribution in [-0.2, 0) is 23.0 Å². The molecule has 1 amide bonds. The number of piperidine rings is 1. The smallest absolute Gasteiger partial charge is 0.253 e. The normalized spacial score (nSPS) is 19.2. The summed E-state index contributed by atoms with van der Waals surface area (Å²) >= 11 is 0. The van der Waals surface area contributed by atoms with E-state index in [0.29, 0.717) is 32.1 Å². The van der Waals surface area contributed by atoms with E-state index in [9.17, 15) is 13.2 Å². The third kappa shape index (κ3) is 5.97. The first kappa shape index (κ1) is 23.0. The summed E-state index contributed by atoms with van der Waals surface area (Å²) in [6.45, 7) is 4.82. The molecular formula is C25H33N3O3S. The van der Waals surface area contributed by atoms with E-state index < -0.39 is 10.0 Å². The molecule has 0 atom stereocenters. The first-order valence-electron chi connectivity index (χ1n) is 11.5. The van der Waals surface area contributed by atoms with Crippen LogP contribution in [-0.4, -0.2) is 74.0 Å². The van der Waals surface area contributed by atoms with Gasteiger partial charge < -0.3 is 4.90 Å². The van der Waals surface area contributed by atoms with Gasteiger partial charge in [-0.15, -0.1) is 0 Å². The molecule has 7 heteroatoms. The Morgan fingerprint density at radius 2 is 1.53 bits per heavy atom. The SMILES string of the molecule is CS(=O)(=O)N1CCN(Cc2cccc(C(=O)N3CCC(Cc4ccccc4)CC3)c2)CC1. The summed E-state index contributed by atoms with van der Waals surface area (Å²) in [6, 6.07) is 18.5. The van der Waals surface area contributed by atoms with Crippen molar-refractivity contribution in [1.29, 1.82) is 0 Å². The van der Waals surface area contributed by atoms with Gasteiger partial charge in [0.1, 0.15) is 0 Å². The molecule has 2 aliphatic rings. The third-order valence-corrected chi connectivity index (χ3v) is 7.95. The highest BCUT2D eigenvalue weighted by Crippen LogP contribution is 2.23. The van der Waals surface area contributed by atoms with Crippen LogP contribution >= 0.6 is 0 Å². The highest BCUT2D eigenvalue weighted by Gasteiger charge is 2.25. The van der Waals surface area contributed by atoms with Crippen molar-refractivity contribution in [3.8, 4) is 0 Å². The molecule has 2 heterocycles. The lowest BCUT2D eigenvalue weighted by molar-refractivity contribution is 0.0690. The van der Waals surface area contributed by atoms with E-state index in [1.54, 1.807) is 0 Å². The van der Waals surface area contributed by atoms with Crippen LogP contribution in [0.15, 0.2) is 54.6 Å². The van der Waals surface area contributed by atoms with Crippen molar-refractivity contribution in [3.63, 3.8) is 0 Å². The average Bonchev–Trinajstić information content (AvgIpc) is 2.80. The van der Waals surface area contributed by atoms with Gasteiger partial charge in [0.05, 0.1) is 6.26 Å². The number of hydrogen-bond acceptors (Lipinski definition) is 4. The van der Waals surface area contributed by atoms with Gasteiger partial charge in [0.25, 0.3) is 5.91 Å². The van der Waals surface area contributed by atoms with Crippen molar-refractivity contribution in [2.24, 2.45) is 5.92 Å². The van der Waals surface area contributed by atoms with Gasteiger partial charge in [0.2, 0.25) is 10.0 Å². The number of nitrogens with zero attached hydrogens (tertiary/aromatic N) is 3. The van der Waals surface area contributed by atoms with E-state index in [1.165, 1.54) is 16.1 Å². The Hall–Kier alpha value is -2.22. The molecule has 0 aromatic heterocycles. The first-order valence-corrected chi connectivity index (χ1v) is 13.3. The zero-order valence-electron chi connectivity index (χ0n) is 18.8. The average molecular weight is 456 g/mol. The van der Waals surface area contributed by atoms with E-state index in [2.05, 4.69) is 35.2 Å². The van der Waals surface area contributed by atoms with E-state index in [-0.39, 0.29) is 5.91 Å². The largest absolute Gasteiger partial charge is 0.339 e. The number of piperazine rings is 1. The zero-order chi connectivity index (χ0) is 22.6. The molecule has 0 aliphatic carbocycles. The molecule has 0 radical (unpaired) electrons. The standard InChI is InChI=1S/C25H33N3O3S/c1-32(30,31)28-16-14-26(15-17-28)20-23-8-5-9-24(19-23)25(29)27-12-10-22(11-13-27)18-21-6-3-2-4-7-21/h2-9,19,22H,10-18,20H2,1H3. The lowest BCUT2D eigenvalue weighted by Crippen LogP contribution is -2.47. The van der Waals surface area contributed by atoms with Crippen LogP contribution in [0, 0.1) is 5.92 Å². The maximum Gasteiger partial charge on any atom is 0.253 e. The maximum absolute atomic E-state index is 13.1. The van der Waals surface area contributed by atoms with Crippen molar-refractivity contribution in [2.45, 2.75) is 25.8 Å². The van der Waals surface area contributed by atoms with Gasteiger partial charge in [0.15, 0.2) is 0 Å². The van der Waals surface area contributed by atoms with Crippen LogP contribution in [0.1, 0.15) is 34.3 Å². The Kier molecular flexibility index (Phi) is 7.28. The Labute approximate surface area is 191 Å². The van der Waals surface area contributed by atoms with Gasteiger partial charge >= 0.3 is 0 Å². The predicted molar refractivity (Wildman–Crippen MR) is 127 cm³/mol. The van der Waals surface area contributed by atoms with E-state index >= 15 is 0 Å². The van der Waals surface area contributed by atoms with Gasteiger partial charge in [-0.05, 0) is 48.4 Å². The molecule has 2 aromatic carbocycles. The van der Waals surface area contributed by atoms with Crippen molar-refractivity contribution < 1.29 is 13.2 Å². The molecule has 0 saturated carbocycles. The fourth-order valence-electron chi connectivity index (χ4n) is 4.75. The van der Waals surface area contributed by atoms with Crippen LogP contribution in [0.25, 0.3) is 0 Å². The van der Waals surface area contributed by atoms with Gasteiger partial charge in [0, 0.05) is 51.4 Å². The summed E-state index contributed by atoms with van der Waals surface area (Å²) < 4.78 is 24.9. The number of amides is 1. The first-order chi connectivity index (χ1) is 15.4. The Bertz CT molecular complexity index is 1010. The van der Waals surface area contributed by atoms with Gasteiger partial charge in [-0.2, -0.15) is 4.31 Å². The molecular weight excluding hydrogens is 422 g/mol. The molecule has 0 bridgehead atoms. The number of rotatable bonds is 6. The molecule has 0 N–H and O–H groups in total. The minimum Gasteiger partial charge on any atom is -0.339 e.